The van der Waals surface area contributed by atoms with Gasteiger partial charge in [0.15, 0.2) is 0 Å². The number of carbonyl (C=O) groups excluding carboxylic acids is 1. The molecule has 2 N–H and O–H groups in total. The van der Waals surface area contributed by atoms with E-state index in [0.29, 0.717) is 19.5 Å². The third kappa shape index (κ3) is 3.58. The highest BCUT2D eigenvalue weighted by atomic mass is 16.3. The number of aromatic nitrogens is 3. The Hall–Kier alpha value is -2.37. The molecule has 1 heterocycles. The predicted octanol–water partition coefficient (Wildman–Crippen LogP) is 0.690. The smallest absolute Gasteiger partial charge is 0.222 e. The first kappa shape index (κ1) is 12.1. The van der Waals surface area contributed by atoms with Gasteiger partial charge >= 0.3 is 0 Å². The fourth-order valence-corrected chi connectivity index (χ4v) is 1.47. The highest BCUT2D eigenvalue weighted by Crippen LogP contribution is 2.09. The molecule has 0 spiro atoms. The number of rotatable bonds is 5. The lowest BCUT2D eigenvalue weighted by molar-refractivity contribution is -0.121. The second-order valence-electron chi connectivity index (χ2n) is 3.85. The van der Waals surface area contributed by atoms with Gasteiger partial charge in [0.05, 0.1) is 6.54 Å². The van der Waals surface area contributed by atoms with Gasteiger partial charge < -0.3 is 10.4 Å². The molecule has 2 aromatic rings. The van der Waals surface area contributed by atoms with Crippen molar-refractivity contribution in [3.05, 3.63) is 42.5 Å². The maximum Gasteiger partial charge on any atom is 0.222 e. The van der Waals surface area contributed by atoms with E-state index < -0.39 is 0 Å². The van der Waals surface area contributed by atoms with Gasteiger partial charge in [0, 0.05) is 13.0 Å². The first-order valence-electron chi connectivity index (χ1n) is 5.61. The Labute approximate surface area is 104 Å². The quantitative estimate of drug-likeness (QED) is 0.813. The Kier molecular flexibility index (Phi) is 3.90. The minimum atomic E-state index is -0.0430. The molecule has 1 aromatic carbocycles. The number of benzene rings is 1. The van der Waals surface area contributed by atoms with Crippen LogP contribution in [0.15, 0.2) is 36.9 Å². The molecule has 0 aliphatic carbocycles. The summed E-state index contributed by atoms with van der Waals surface area (Å²) in [6.45, 7) is 0.970. The minimum absolute atomic E-state index is 0.0430. The van der Waals surface area contributed by atoms with Gasteiger partial charge in [-0.15, -0.1) is 0 Å². The van der Waals surface area contributed by atoms with Crippen LogP contribution in [0.3, 0.4) is 0 Å². The molecule has 0 aliphatic rings. The maximum atomic E-state index is 11.6. The zero-order valence-electron chi connectivity index (χ0n) is 9.78. The van der Waals surface area contributed by atoms with Gasteiger partial charge in [-0.05, 0) is 17.7 Å². The van der Waals surface area contributed by atoms with E-state index in [1.165, 1.54) is 6.33 Å². The Bertz CT molecular complexity index is 493. The van der Waals surface area contributed by atoms with Crippen LogP contribution in [0.2, 0.25) is 0 Å². The number of phenolic OH excluding ortho intramolecular Hbond substituents is 1. The molecule has 0 bridgehead atoms. The van der Waals surface area contributed by atoms with Crippen LogP contribution in [0.25, 0.3) is 0 Å². The first-order chi connectivity index (χ1) is 8.74. The van der Waals surface area contributed by atoms with Crippen LogP contribution in [0.5, 0.6) is 5.75 Å². The number of carbonyl (C=O) groups is 1. The van der Waals surface area contributed by atoms with E-state index in [1.54, 1.807) is 35.3 Å². The van der Waals surface area contributed by atoms with Crippen molar-refractivity contribution in [1.82, 2.24) is 20.1 Å². The molecule has 6 heteroatoms. The van der Waals surface area contributed by atoms with Gasteiger partial charge in [0.1, 0.15) is 18.4 Å². The van der Waals surface area contributed by atoms with E-state index in [-0.39, 0.29) is 11.7 Å². The summed E-state index contributed by atoms with van der Waals surface area (Å²) in [5.74, 6) is 0.176. The lowest BCUT2D eigenvalue weighted by atomic mass is 10.2. The Balaban J connectivity index is 1.73. The van der Waals surface area contributed by atoms with Crippen molar-refractivity contribution in [2.45, 2.75) is 19.5 Å². The summed E-state index contributed by atoms with van der Waals surface area (Å²) in [6, 6.07) is 6.73. The van der Waals surface area contributed by atoms with Crippen LogP contribution in [-0.2, 0) is 17.9 Å². The fraction of sp³-hybridized carbons (Fsp3) is 0.250. The zero-order valence-corrected chi connectivity index (χ0v) is 9.78. The number of amides is 1. The fourth-order valence-electron chi connectivity index (χ4n) is 1.47. The number of aromatic hydroxyl groups is 1. The SMILES string of the molecule is O=C(CCn1cncn1)NCc1ccc(O)cc1. The molecule has 0 saturated carbocycles. The van der Waals surface area contributed by atoms with Gasteiger partial charge in [-0.3, -0.25) is 9.48 Å². The van der Waals surface area contributed by atoms with Gasteiger partial charge in [0.2, 0.25) is 5.91 Å². The van der Waals surface area contributed by atoms with E-state index in [4.69, 9.17) is 5.11 Å². The molecule has 0 saturated heterocycles. The topological polar surface area (TPSA) is 80.0 Å². The number of nitrogens with zero attached hydrogens (tertiary/aromatic N) is 3. The van der Waals surface area contributed by atoms with E-state index in [0.717, 1.165) is 5.56 Å². The predicted molar refractivity (Wildman–Crippen MR) is 64.6 cm³/mol. The van der Waals surface area contributed by atoms with E-state index in [9.17, 15) is 4.79 Å². The van der Waals surface area contributed by atoms with Crippen molar-refractivity contribution < 1.29 is 9.90 Å². The number of nitrogens with one attached hydrogen (secondary N) is 1. The Morgan fingerprint density at radius 2 is 2.11 bits per heavy atom. The molecule has 0 unspecified atom stereocenters. The Morgan fingerprint density at radius 3 is 2.78 bits per heavy atom. The highest BCUT2D eigenvalue weighted by molar-refractivity contribution is 5.75. The van der Waals surface area contributed by atoms with Gasteiger partial charge in [-0.1, -0.05) is 12.1 Å². The number of hydrogen-bond acceptors (Lipinski definition) is 4. The van der Waals surface area contributed by atoms with Crippen LogP contribution in [-0.4, -0.2) is 25.8 Å². The van der Waals surface area contributed by atoms with Crippen molar-refractivity contribution in [2.24, 2.45) is 0 Å². The third-order valence-electron chi connectivity index (χ3n) is 2.46. The molecule has 2 rings (SSSR count). The lowest BCUT2D eigenvalue weighted by Gasteiger charge is -2.05. The van der Waals surface area contributed by atoms with E-state index in [1.807, 2.05) is 0 Å². The second kappa shape index (κ2) is 5.81. The first-order valence-corrected chi connectivity index (χ1v) is 5.61. The summed E-state index contributed by atoms with van der Waals surface area (Å²) >= 11 is 0. The highest BCUT2D eigenvalue weighted by Gasteiger charge is 2.02. The molecule has 0 aliphatic heterocycles. The largest absolute Gasteiger partial charge is 0.508 e. The number of aryl methyl sites for hydroxylation is 1. The lowest BCUT2D eigenvalue weighted by Crippen LogP contribution is -2.23. The van der Waals surface area contributed by atoms with Crippen molar-refractivity contribution in [1.29, 1.82) is 0 Å². The van der Waals surface area contributed by atoms with Crippen LogP contribution in [0.1, 0.15) is 12.0 Å². The van der Waals surface area contributed by atoms with Crippen LogP contribution >= 0.6 is 0 Å². The number of hydrogen-bond donors (Lipinski definition) is 2. The van der Waals surface area contributed by atoms with Crippen molar-refractivity contribution in [3.8, 4) is 5.75 Å². The van der Waals surface area contributed by atoms with Crippen molar-refractivity contribution in [3.63, 3.8) is 0 Å². The van der Waals surface area contributed by atoms with Gasteiger partial charge in [-0.25, -0.2) is 4.98 Å². The van der Waals surface area contributed by atoms with E-state index >= 15 is 0 Å². The molecular formula is C12H14N4O2. The van der Waals surface area contributed by atoms with Gasteiger partial charge in [-0.2, -0.15) is 5.10 Å². The average molecular weight is 246 g/mol. The van der Waals surface area contributed by atoms with Gasteiger partial charge in [0.25, 0.3) is 0 Å². The molecule has 6 nitrogen and oxygen atoms in total. The van der Waals surface area contributed by atoms with Crippen molar-refractivity contribution in [2.75, 3.05) is 0 Å². The second-order valence-corrected chi connectivity index (χ2v) is 3.85. The maximum absolute atomic E-state index is 11.6. The normalized spacial score (nSPS) is 10.2. The summed E-state index contributed by atoms with van der Waals surface area (Å²) in [6.07, 6.45) is 3.38. The third-order valence-corrected chi connectivity index (χ3v) is 2.46. The average Bonchev–Trinajstić information content (AvgIpc) is 2.89. The molecule has 0 fully saturated rings. The summed E-state index contributed by atoms with van der Waals surface area (Å²) in [5, 5.41) is 15.8. The standard InChI is InChI=1S/C12H14N4O2/c17-11-3-1-10(2-4-11)7-14-12(18)5-6-16-9-13-8-15-16/h1-4,8-9,17H,5-7H2,(H,14,18). The number of phenols is 1. The van der Waals surface area contributed by atoms with Crippen LogP contribution in [0, 0.1) is 0 Å². The van der Waals surface area contributed by atoms with Crippen LogP contribution < -0.4 is 5.32 Å². The molecule has 18 heavy (non-hydrogen) atoms. The molecule has 1 aromatic heterocycles. The monoisotopic (exact) mass is 246 g/mol. The molecule has 94 valence electrons. The minimum Gasteiger partial charge on any atom is -0.508 e. The molecule has 0 atom stereocenters. The van der Waals surface area contributed by atoms with Crippen LogP contribution in [0.4, 0.5) is 0 Å². The zero-order chi connectivity index (χ0) is 12.8. The molecule has 0 radical (unpaired) electrons. The summed E-state index contributed by atoms with van der Waals surface area (Å²) < 4.78 is 1.61. The Morgan fingerprint density at radius 1 is 1.33 bits per heavy atom. The molecular weight excluding hydrogens is 232 g/mol. The summed E-state index contributed by atoms with van der Waals surface area (Å²) in [5.41, 5.74) is 0.946. The molecule has 1 amide bonds. The van der Waals surface area contributed by atoms with Crippen molar-refractivity contribution >= 4 is 5.91 Å². The summed E-state index contributed by atoms with van der Waals surface area (Å²) in [4.78, 5) is 15.4. The summed E-state index contributed by atoms with van der Waals surface area (Å²) in [7, 11) is 0. The van der Waals surface area contributed by atoms with E-state index in [2.05, 4.69) is 15.4 Å².